The highest BCUT2D eigenvalue weighted by atomic mass is 16.5. The van der Waals surface area contributed by atoms with Crippen LogP contribution in [0.1, 0.15) is 11.1 Å². The van der Waals surface area contributed by atoms with E-state index in [1.807, 2.05) is 0 Å². The summed E-state index contributed by atoms with van der Waals surface area (Å²) >= 11 is 0. The summed E-state index contributed by atoms with van der Waals surface area (Å²) in [6, 6.07) is 8.70. The summed E-state index contributed by atoms with van der Waals surface area (Å²) in [7, 11) is 7.71. The largest absolute Gasteiger partial charge is 0.497 e. The standard InChI is InChI=1S/C23H24O7/c1-25-18-11-17(12-19(15-18)26-2)8-9-22(24)30-10-6-7-16-13-20(27-3)23(29-5)21(14-16)28-4/h6-7,11-15H,10H2,1-5H3/b7-6+. The second-order valence-corrected chi connectivity index (χ2v) is 5.81. The highest BCUT2D eigenvalue weighted by Crippen LogP contribution is 2.38. The molecule has 2 aromatic rings. The third-order valence-electron chi connectivity index (χ3n) is 3.97. The van der Waals surface area contributed by atoms with Crippen LogP contribution in [0.25, 0.3) is 6.08 Å². The third kappa shape index (κ3) is 6.11. The number of benzene rings is 2. The predicted octanol–water partition coefficient (Wildman–Crippen LogP) is 3.34. The molecule has 0 saturated carbocycles. The summed E-state index contributed by atoms with van der Waals surface area (Å²) in [5.41, 5.74) is 1.38. The molecule has 7 heteroatoms. The summed E-state index contributed by atoms with van der Waals surface area (Å²) < 4.78 is 31.4. The first-order valence-corrected chi connectivity index (χ1v) is 8.93. The number of carbonyl (C=O) groups excluding carboxylic acids is 1. The molecule has 0 bridgehead atoms. The molecule has 0 aromatic heterocycles. The van der Waals surface area contributed by atoms with Crippen LogP contribution in [0.15, 0.2) is 36.4 Å². The molecule has 0 radical (unpaired) electrons. The van der Waals surface area contributed by atoms with Gasteiger partial charge < -0.3 is 28.4 Å². The Kier molecular flexibility index (Phi) is 8.45. The molecule has 2 aromatic carbocycles. The van der Waals surface area contributed by atoms with Gasteiger partial charge in [-0.2, -0.15) is 0 Å². The normalized spacial score (nSPS) is 10.0. The Bertz CT molecular complexity index is 920. The minimum Gasteiger partial charge on any atom is -0.497 e. The van der Waals surface area contributed by atoms with Crippen molar-refractivity contribution in [2.45, 2.75) is 0 Å². The molecule has 0 amide bonds. The van der Waals surface area contributed by atoms with E-state index in [0.717, 1.165) is 5.56 Å². The molecular weight excluding hydrogens is 388 g/mol. The van der Waals surface area contributed by atoms with Gasteiger partial charge in [0, 0.05) is 17.6 Å². The van der Waals surface area contributed by atoms with Gasteiger partial charge in [-0.25, -0.2) is 4.79 Å². The maximum absolute atomic E-state index is 11.9. The van der Waals surface area contributed by atoms with E-state index in [1.54, 1.807) is 70.9 Å². The predicted molar refractivity (Wildman–Crippen MR) is 113 cm³/mol. The van der Waals surface area contributed by atoms with Crippen LogP contribution < -0.4 is 23.7 Å². The zero-order chi connectivity index (χ0) is 21.9. The zero-order valence-corrected chi connectivity index (χ0v) is 17.6. The molecule has 0 aliphatic rings. The van der Waals surface area contributed by atoms with E-state index in [9.17, 15) is 4.79 Å². The summed E-state index contributed by atoms with van der Waals surface area (Å²) in [4.78, 5) is 11.9. The number of rotatable bonds is 8. The van der Waals surface area contributed by atoms with Crippen LogP contribution in [0.5, 0.6) is 28.7 Å². The molecule has 0 aliphatic carbocycles. The van der Waals surface area contributed by atoms with Gasteiger partial charge in [0.1, 0.15) is 18.1 Å². The van der Waals surface area contributed by atoms with Crippen molar-refractivity contribution in [3.05, 3.63) is 47.5 Å². The number of esters is 1. The molecule has 2 rings (SSSR count). The van der Waals surface area contributed by atoms with Gasteiger partial charge in [0.05, 0.1) is 35.5 Å². The lowest BCUT2D eigenvalue weighted by Crippen LogP contribution is -2.01. The van der Waals surface area contributed by atoms with Gasteiger partial charge in [-0.1, -0.05) is 12.0 Å². The van der Waals surface area contributed by atoms with Crippen molar-refractivity contribution in [1.82, 2.24) is 0 Å². The monoisotopic (exact) mass is 412 g/mol. The average molecular weight is 412 g/mol. The second kappa shape index (κ2) is 11.3. The Labute approximate surface area is 176 Å². The summed E-state index contributed by atoms with van der Waals surface area (Å²) in [6.45, 7) is 0.0611. The number of ether oxygens (including phenoxy) is 6. The molecule has 0 N–H and O–H groups in total. The molecule has 158 valence electrons. The Morgan fingerprint density at radius 2 is 1.43 bits per heavy atom. The van der Waals surface area contributed by atoms with E-state index >= 15 is 0 Å². The molecule has 0 atom stereocenters. The first-order chi connectivity index (χ1) is 14.5. The van der Waals surface area contributed by atoms with Gasteiger partial charge in [0.15, 0.2) is 11.5 Å². The Morgan fingerprint density at radius 3 is 1.93 bits per heavy atom. The van der Waals surface area contributed by atoms with Crippen LogP contribution in [0.3, 0.4) is 0 Å². The second-order valence-electron chi connectivity index (χ2n) is 5.81. The third-order valence-corrected chi connectivity index (χ3v) is 3.97. The molecule has 0 aliphatic heterocycles. The van der Waals surface area contributed by atoms with E-state index in [0.29, 0.717) is 34.3 Å². The summed E-state index contributed by atoms with van der Waals surface area (Å²) in [6.07, 6.45) is 3.47. The van der Waals surface area contributed by atoms with Crippen molar-refractivity contribution in [3.63, 3.8) is 0 Å². The van der Waals surface area contributed by atoms with Crippen molar-refractivity contribution in [3.8, 4) is 40.6 Å². The van der Waals surface area contributed by atoms with Crippen molar-refractivity contribution < 1.29 is 33.2 Å². The first kappa shape index (κ1) is 22.5. The maximum Gasteiger partial charge on any atom is 0.385 e. The van der Waals surface area contributed by atoms with Gasteiger partial charge in [-0.3, -0.25) is 0 Å². The number of hydrogen-bond acceptors (Lipinski definition) is 7. The number of carbonyl (C=O) groups is 1. The SMILES string of the molecule is COc1cc(C#CC(=O)OC/C=C/c2cc(OC)c(OC)c(OC)c2)cc(OC)c1. The smallest absolute Gasteiger partial charge is 0.385 e. The summed E-state index contributed by atoms with van der Waals surface area (Å²) in [5, 5.41) is 0. The minimum absolute atomic E-state index is 0.0611. The lowest BCUT2D eigenvalue weighted by Gasteiger charge is -2.12. The van der Waals surface area contributed by atoms with E-state index in [4.69, 9.17) is 28.4 Å². The van der Waals surface area contributed by atoms with Crippen molar-refractivity contribution >= 4 is 12.0 Å². The average Bonchev–Trinajstić information content (AvgIpc) is 2.79. The van der Waals surface area contributed by atoms with E-state index in [1.165, 1.54) is 7.11 Å². The van der Waals surface area contributed by atoms with Crippen LogP contribution in [-0.2, 0) is 9.53 Å². The zero-order valence-electron chi connectivity index (χ0n) is 17.6. The van der Waals surface area contributed by atoms with Gasteiger partial charge >= 0.3 is 5.97 Å². The first-order valence-electron chi connectivity index (χ1n) is 8.93. The van der Waals surface area contributed by atoms with Gasteiger partial charge in [0.2, 0.25) is 5.75 Å². The lowest BCUT2D eigenvalue weighted by molar-refractivity contribution is -0.135. The van der Waals surface area contributed by atoms with Crippen LogP contribution in [0, 0.1) is 11.8 Å². The quantitative estimate of drug-likeness (QED) is 0.486. The van der Waals surface area contributed by atoms with Gasteiger partial charge in [0.25, 0.3) is 0 Å². The molecular formula is C23H24O7. The van der Waals surface area contributed by atoms with Crippen LogP contribution in [-0.4, -0.2) is 48.1 Å². The van der Waals surface area contributed by atoms with Crippen LogP contribution >= 0.6 is 0 Å². The number of hydrogen-bond donors (Lipinski definition) is 0. The number of methoxy groups -OCH3 is 5. The summed E-state index contributed by atoms with van der Waals surface area (Å²) in [5.74, 6) is 7.28. The fraction of sp³-hybridized carbons (Fsp3) is 0.261. The van der Waals surface area contributed by atoms with Gasteiger partial charge in [-0.15, -0.1) is 0 Å². The minimum atomic E-state index is -0.647. The molecule has 0 heterocycles. The van der Waals surface area contributed by atoms with Crippen LogP contribution in [0.2, 0.25) is 0 Å². The molecule has 7 nitrogen and oxygen atoms in total. The molecule has 0 unspecified atom stereocenters. The Balaban J connectivity index is 2.00. The highest BCUT2D eigenvalue weighted by Gasteiger charge is 2.11. The van der Waals surface area contributed by atoms with Crippen molar-refractivity contribution in [1.29, 1.82) is 0 Å². The van der Waals surface area contributed by atoms with Crippen molar-refractivity contribution in [2.75, 3.05) is 42.2 Å². The Morgan fingerprint density at radius 1 is 0.833 bits per heavy atom. The lowest BCUT2D eigenvalue weighted by atomic mass is 10.1. The molecule has 30 heavy (non-hydrogen) atoms. The Hall–Kier alpha value is -3.79. The van der Waals surface area contributed by atoms with E-state index in [-0.39, 0.29) is 6.61 Å². The van der Waals surface area contributed by atoms with Gasteiger partial charge in [-0.05, 0) is 35.9 Å². The molecule has 0 fully saturated rings. The van der Waals surface area contributed by atoms with E-state index in [2.05, 4.69) is 11.8 Å². The fourth-order valence-corrected chi connectivity index (χ4v) is 2.54. The highest BCUT2D eigenvalue weighted by molar-refractivity contribution is 5.89. The van der Waals surface area contributed by atoms with Crippen LogP contribution in [0.4, 0.5) is 0 Å². The molecule has 0 saturated heterocycles. The molecule has 0 spiro atoms. The topological polar surface area (TPSA) is 72.5 Å². The fourth-order valence-electron chi connectivity index (χ4n) is 2.54. The van der Waals surface area contributed by atoms with E-state index < -0.39 is 5.97 Å². The maximum atomic E-state index is 11.9. The van der Waals surface area contributed by atoms with Crippen molar-refractivity contribution in [2.24, 2.45) is 0 Å².